The number of hydrogen-bond acceptors (Lipinski definition) is 6. The maximum atomic E-state index is 12.9. The summed E-state index contributed by atoms with van der Waals surface area (Å²) >= 11 is 1.64. The molecule has 5 aromatic rings. The number of anilines is 1. The molecule has 0 aliphatic carbocycles. The van der Waals surface area contributed by atoms with Crippen LogP contribution in [-0.4, -0.2) is 56.7 Å². The lowest BCUT2D eigenvalue weighted by atomic mass is 10.2. The molecule has 1 saturated heterocycles. The first kappa shape index (κ1) is 21.5. The highest BCUT2D eigenvalue weighted by molar-refractivity contribution is 7.13. The SMILES string of the molecule is O=C(NCc1ccccc1)N1CCCN(c2nc3ccccc3c3nnc(-c4cccs4)n23)CC1. The molecule has 1 aliphatic rings. The molecule has 176 valence electrons. The summed E-state index contributed by atoms with van der Waals surface area (Å²) in [7, 11) is 0. The fourth-order valence-electron chi connectivity index (χ4n) is 4.55. The molecule has 0 spiro atoms. The van der Waals surface area contributed by atoms with Gasteiger partial charge in [0.2, 0.25) is 5.95 Å². The Morgan fingerprint density at radius 1 is 0.914 bits per heavy atom. The van der Waals surface area contributed by atoms with E-state index in [4.69, 9.17) is 4.98 Å². The average Bonchev–Trinajstić information content (AvgIpc) is 3.52. The van der Waals surface area contributed by atoms with Crippen molar-refractivity contribution >= 4 is 39.9 Å². The summed E-state index contributed by atoms with van der Waals surface area (Å²) < 4.78 is 2.07. The lowest BCUT2D eigenvalue weighted by molar-refractivity contribution is 0.201. The second kappa shape index (κ2) is 9.34. The van der Waals surface area contributed by atoms with Crippen LogP contribution < -0.4 is 10.2 Å². The lowest BCUT2D eigenvalue weighted by Crippen LogP contribution is -2.42. The van der Waals surface area contributed by atoms with Crippen LogP contribution in [0.25, 0.3) is 27.3 Å². The Kier molecular flexibility index (Phi) is 5.75. The first-order chi connectivity index (χ1) is 17.3. The van der Waals surface area contributed by atoms with Crippen LogP contribution >= 0.6 is 11.3 Å². The quantitative estimate of drug-likeness (QED) is 0.409. The zero-order chi connectivity index (χ0) is 23.6. The zero-order valence-electron chi connectivity index (χ0n) is 19.2. The molecule has 4 heterocycles. The van der Waals surface area contributed by atoms with Crippen LogP contribution in [0.4, 0.5) is 10.7 Å². The molecule has 35 heavy (non-hydrogen) atoms. The molecular weight excluding hydrogens is 458 g/mol. The maximum absolute atomic E-state index is 12.9. The normalized spacial score (nSPS) is 14.4. The van der Waals surface area contributed by atoms with Gasteiger partial charge in [-0.2, -0.15) is 0 Å². The minimum absolute atomic E-state index is 0.0316. The number of hydrogen-bond donors (Lipinski definition) is 1. The molecule has 1 aliphatic heterocycles. The third-order valence-corrected chi connectivity index (χ3v) is 7.19. The summed E-state index contributed by atoms with van der Waals surface area (Å²) in [4.78, 5) is 23.1. The van der Waals surface area contributed by atoms with Crippen molar-refractivity contribution in [2.75, 3.05) is 31.1 Å². The third kappa shape index (κ3) is 4.19. The van der Waals surface area contributed by atoms with Crippen LogP contribution in [-0.2, 0) is 6.54 Å². The van der Waals surface area contributed by atoms with Crippen molar-refractivity contribution in [3.8, 4) is 10.7 Å². The van der Waals surface area contributed by atoms with Crippen molar-refractivity contribution in [2.45, 2.75) is 13.0 Å². The molecule has 0 radical (unpaired) electrons. The van der Waals surface area contributed by atoms with Gasteiger partial charge in [-0.25, -0.2) is 14.2 Å². The number of carbonyl (C=O) groups excluding carboxylic acids is 1. The highest BCUT2D eigenvalue weighted by Gasteiger charge is 2.24. The smallest absolute Gasteiger partial charge is 0.317 e. The molecule has 0 bridgehead atoms. The predicted molar refractivity (Wildman–Crippen MR) is 139 cm³/mol. The minimum Gasteiger partial charge on any atom is -0.340 e. The molecule has 2 aromatic carbocycles. The molecular formula is C26H25N7OS. The topological polar surface area (TPSA) is 78.7 Å². The van der Waals surface area contributed by atoms with Crippen molar-refractivity contribution in [1.29, 1.82) is 0 Å². The van der Waals surface area contributed by atoms with Gasteiger partial charge in [-0.15, -0.1) is 21.5 Å². The first-order valence-corrected chi connectivity index (χ1v) is 12.7. The Bertz CT molecular complexity index is 1470. The summed E-state index contributed by atoms with van der Waals surface area (Å²) in [6.07, 6.45) is 0.852. The number of fused-ring (bicyclic) bond motifs is 3. The predicted octanol–water partition coefficient (Wildman–Crippen LogP) is 4.43. The van der Waals surface area contributed by atoms with E-state index in [1.54, 1.807) is 11.3 Å². The minimum atomic E-state index is -0.0316. The third-order valence-electron chi connectivity index (χ3n) is 6.32. The number of rotatable bonds is 4. The molecule has 1 fully saturated rings. The summed E-state index contributed by atoms with van der Waals surface area (Å²) in [5, 5.41) is 15.2. The van der Waals surface area contributed by atoms with Crippen LogP contribution in [0.3, 0.4) is 0 Å². The van der Waals surface area contributed by atoms with E-state index in [1.165, 1.54) is 0 Å². The van der Waals surface area contributed by atoms with E-state index in [2.05, 4.69) is 30.9 Å². The fourth-order valence-corrected chi connectivity index (χ4v) is 5.25. The molecule has 9 heteroatoms. The molecule has 0 atom stereocenters. The molecule has 6 rings (SSSR count). The van der Waals surface area contributed by atoms with E-state index in [1.807, 2.05) is 70.9 Å². The highest BCUT2D eigenvalue weighted by Crippen LogP contribution is 2.30. The van der Waals surface area contributed by atoms with E-state index < -0.39 is 0 Å². The van der Waals surface area contributed by atoms with Crippen molar-refractivity contribution < 1.29 is 4.79 Å². The number of amides is 2. The second-order valence-corrected chi connectivity index (χ2v) is 9.51. The second-order valence-electron chi connectivity index (χ2n) is 8.56. The average molecular weight is 484 g/mol. The van der Waals surface area contributed by atoms with Gasteiger partial charge in [0.05, 0.1) is 10.4 Å². The molecule has 3 aromatic heterocycles. The molecule has 0 saturated carbocycles. The summed E-state index contributed by atoms with van der Waals surface area (Å²) in [5.74, 6) is 1.61. The van der Waals surface area contributed by atoms with Gasteiger partial charge in [-0.3, -0.25) is 0 Å². The van der Waals surface area contributed by atoms with E-state index in [0.29, 0.717) is 26.2 Å². The number of benzene rings is 2. The van der Waals surface area contributed by atoms with E-state index in [9.17, 15) is 4.79 Å². The monoisotopic (exact) mass is 483 g/mol. The van der Waals surface area contributed by atoms with Crippen molar-refractivity contribution in [1.82, 2.24) is 29.8 Å². The number of thiophene rings is 1. The summed E-state index contributed by atoms with van der Waals surface area (Å²) in [6, 6.07) is 22.1. The molecule has 0 unspecified atom stereocenters. The van der Waals surface area contributed by atoms with Gasteiger partial charge < -0.3 is 15.1 Å². The Hall–Kier alpha value is -3.98. The highest BCUT2D eigenvalue weighted by atomic mass is 32.1. The van der Waals surface area contributed by atoms with Crippen LogP contribution in [0.15, 0.2) is 72.1 Å². The standard InChI is InChI=1S/C26H25N7OS/c34-26(27-18-19-8-2-1-3-9-19)32-14-7-13-31(15-16-32)25-28-21-11-5-4-10-20(21)23-29-30-24(33(23)25)22-12-6-17-35-22/h1-6,8-12,17H,7,13-16,18H2,(H,27,34). The molecule has 8 nitrogen and oxygen atoms in total. The van der Waals surface area contributed by atoms with Gasteiger partial charge in [0.25, 0.3) is 0 Å². The summed E-state index contributed by atoms with van der Waals surface area (Å²) in [5.41, 5.74) is 2.78. The fraction of sp³-hybridized carbons (Fsp3) is 0.231. The van der Waals surface area contributed by atoms with Crippen LogP contribution in [0.1, 0.15) is 12.0 Å². The van der Waals surface area contributed by atoms with Crippen LogP contribution in [0, 0.1) is 0 Å². The van der Waals surface area contributed by atoms with Crippen molar-refractivity contribution in [3.05, 3.63) is 77.7 Å². The van der Waals surface area contributed by atoms with Gasteiger partial charge in [0.15, 0.2) is 11.5 Å². The largest absolute Gasteiger partial charge is 0.340 e. The van der Waals surface area contributed by atoms with E-state index in [-0.39, 0.29) is 6.03 Å². The van der Waals surface area contributed by atoms with E-state index >= 15 is 0 Å². The van der Waals surface area contributed by atoms with Gasteiger partial charge in [0, 0.05) is 38.1 Å². The van der Waals surface area contributed by atoms with Crippen molar-refractivity contribution in [3.63, 3.8) is 0 Å². The molecule has 2 amide bonds. The van der Waals surface area contributed by atoms with Gasteiger partial charge >= 0.3 is 6.03 Å². The van der Waals surface area contributed by atoms with E-state index in [0.717, 1.165) is 51.7 Å². The number of urea groups is 1. The molecule has 1 N–H and O–H groups in total. The Labute approximate surface area is 206 Å². The van der Waals surface area contributed by atoms with Crippen LogP contribution in [0.5, 0.6) is 0 Å². The first-order valence-electron chi connectivity index (χ1n) is 11.8. The Morgan fingerprint density at radius 2 is 1.77 bits per heavy atom. The number of para-hydroxylation sites is 1. The number of nitrogens with one attached hydrogen (secondary N) is 1. The van der Waals surface area contributed by atoms with Crippen LogP contribution in [0.2, 0.25) is 0 Å². The zero-order valence-corrected chi connectivity index (χ0v) is 20.0. The Morgan fingerprint density at radius 3 is 2.63 bits per heavy atom. The number of nitrogens with zero attached hydrogens (tertiary/aromatic N) is 6. The van der Waals surface area contributed by atoms with Gasteiger partial charge in [-0.05, 0) is 35.6 Å². The number of carbonyl (C=O) groups is 1. The van der Waals surface area contributed by atoms with Gasteiger partial charge in [-0.1, -0.05) is 48.5 Å². The van der Waals surface area contributed by atoms with Crippen molar-refractivity contribution in [2.24, 2.45) is 0 Å². The lowest BCUT2D eigenvalue weighted by Gasteiger charge is -2.24. The Balaban J connectivity index is 1.29. The maximum Gasteiger partial charge on any atom is 0.317 e. The van der Waals surface area contributed by atoms with Gasteiger partial charge in [0.1, 0.15) is 0 Å². The summed E-state index contributed by atoms with van der Waals surface area (Å²) in [6.45, 7) is 3.32. The number of aromatic nitrogens is 4.